The van der Waals surface area contributed by atoms with Crippen LogP contribution in [0, 0.1) is 0 Å². The average Bonchev–Trinajstić information content (AvgIpc) is 2.99. The summed E-state index contributed by atoms with van der Waals surface area (Å²) in [5, 5.41) is 3.49. The fourth-order valence-corrected chi connectivity index (χ4v) is 3.12. The Hall–Kier alpha value is -2.32. The lowest BCUT2D eigenvalue weighted by Gasteiger charge is -2.32. The third-order valence-electron chi connectivity index (χ3n) is 5.25. The summed E-state index contributed by atoms with van der Waals surface area (Å²) < 4.78 is 19.2. The van der Waals surface area contributed by atoms with Crippen LogP contribution in [0.5, 0.6) is 0 Å². The third-order valence-corrected chi connectivity index (χ3v) is 5.25. The van der Waals surface area contributed by atoms with E-state index in [1.54, 1.807) is 6.20 Å². The van der Waals surface area contributed by atoms with Crippen LogP contribution in [0.4, 0.5) is 10.5 Å². The number of hydrogen-bond donors (Lipinski definition) is 1. The number of fused-ring (bicyclic) bond motifs is 1. The molecule has 29 heavy (non-hydrogen) atoms. The van der Waals surface area contributed by atoms with Gasteiger partial charge in [0.2, 0.25) is 5.91 Å². The van der Waals surface area contributed by atoms with Gasteiger partial charge in [-0.3, -0.25) is 9.36 Å². The van der Waals surface area contributed by atoms with Crippen LogP contribution in [-0.2, 0) is 18.8 Å². The van der Waals surface area contributed by atoms with E-state index in [9.17, 15) is 9.59 Å². The van der Waals surface area contributed by atoms with Gasteiger partial charge in [-0.1, -0.05) is 12.1 Å². The summed E-state index contributed by atoms with van der Waals surface area (Å²) in [4.78, 5) is 24.4. The Kier molecular flexibility index (Phi) is 5.08. The first-order valence-electron chi connectivity index (χ1n) is 9.72. The monoisotopic (exact) mass is 400 g/mol. The molecule has 1 N–H and O–H groups in total. The van der Waals surface area contributed by atoms with Gasteiger partial charge in [0, 0.05) is 18.5 Å². The second kappa shape index (κ2) is 6.88. The topological polar surface area (TPSA) is 78.8 Å². The Balaban J connectivity index is 2.05. The normalized spacial score (nSPS) is 18.1. The Labute approximate surface area is 171 Å². The van der Waals surface area contributed by atoms with Crippen LogP contribution in [0.2, 0.25) is 0 Å². The summed E-state index contributed by atoms with van der Waals surface area (Å²) in [6.07, 6.45) is 1.07. The maximum Gasteiger partial charge on any atom is 0.494 e. The number of nitrogens with one attached hydrogen (secondary N) is 1. The number of ether oxygens (including phenoxy) is 1. The zero-order chi connectivity index (χ0) is 21.8. The molecule has 0 bridgehead atoms. The molecule has 156 valence electrons. The molecule has 0 radical (unpaired) electrons. The standard InChI is InChI=1S/C21H29BN2O5/c1-13(25)23-16-12-24(18(26)27-19(2,3)4)17-10-9-14(11-15(16)17)22-28-20(5,6)21(7,8)29-22/h9-12H,1-8H3,(H,23,25). The van der Waals surface area contributed by atoms with E-state index in [0.29, 0.717) is 16.6 Å². The molecular weight excluding hydrogens is 371 g/mol. The van der Waals surface area contributed by atoms with Crippen molar-refractivity contribution < 1.29 is 23.6 Å². The fraction of sp³-hybridized carbons (Fsp3) is 0.524. The molecule has 0 atom stereocenters. The lowest BCUT2D eigenvalue weighted by molar-refractivity contribution is -0.114. The zero-order valence-electron chi connectivity index (χ0n) is 18.4. The molecule has 1 saturated heterocycles. The molecule has 1 aliphatic heterocycles. The number of nitrogens with zero attached hydrogens (tertiary/aromatic N) is 1. The molecule has 0 spiro atoms. The van der Waals surface area contributed by atoms with Crippen LogP contribution >= 0.6 is 0 Å². The molecule has 0 aliphatic carbocycles. The molecule has 7 nitrogen and oxygen atoms in total. The molecule has 8 heteroatoms. The maximum atomic E-state index is 12.7. The van der Waals surface area contributed by atoms with E-state index >= 15 is 0 Å². The minimum absolute atomic E-state index is 0.228. The first-order chi connectivity index (χ1) is 13.2. The quantitative estimate of drug-likeness (QED) is 0.778. The number of amides is 1. The molecule has 2 heterocycles. The number of hydrogen-bond acceptors (Lipinski definition) is 5. The van der Waals surface area contributed by atoms with E-state index in [-0.39, 0.29) is 5.91 Å². The number of aromatic nitrogens is 1. The van der Waals surface area contributed by atoms with Crippen LogP contribution < -0.4 is 10.8 Å². The van der Waals surface area contributed by atoms with Crippen LogP contribution in [0.15, 0.2) is 24.4 Å². The number of benzene rings is 1. The summed E-state index contributed by atoms with van der Waals surface area (Å²) in [6.45, 7) is 14.8. The van der Waals surface area contributed by atoms with Crippen LogP contribution in [-0.4, -0.2) is 40.5 Å². The Morgan fingerprint density at radius 3 is 2.21 bits per heavy atom. The van der Waals surface area contributed by atoms with Crippen LogP contribution in [0.1, 0.15) is 55.4 Å². The molecule has 1 aromatic carbocycles. The van der Waals surface area contributed by atoms with E-state index < -0.39 is 30.0 Å². The molecule has 2 aromatic rings. The summed E-state index contributed by atoms with van der Waals surface area (Å²) in [5.74, 6) is -0.228. The Morgan fingerprint density at radius 1 is 1.10 bits per heavy atom. The predicted molar refractivity (Wildman–Crippen MR) is 114 cm³/mol. The van der Waals surface area contributed by atoms with Crippen LogP contribution in [0.3, 0.4) is 0 Å². The molecule has 1 amide bonds. The maximum absolute atomic E-state index is 12.7. The van der Waals surface area contributed by atoms with E-state index in [4.69, 9.17) is 14.0 Å². The van der Waals surface area contributed by atoms with Gasteiger partial charge >= 0.3 is 13.2 Å². The summed E-state index contributed by atoms with van der Waals surface area (Å²) in [7, 11) is -0.542. The highest BCUT2D eigenvalue weighted by atomic mass is 16.7. The van der Waals surface area contributed by atoms with Crippen molar-refractivity contribution in [2.75, 3.05) is 5.32 Å². The minimum Gasteiger partial charge on any atom is -0.443 e. The number of anilines is 1. The van der Waals surface area contributed by atoms with Gasteiger partial charge in [-0.15, -0.1) is 0 Å². The smallest absolute Gasteiger partial charge is 0.443 e. The van der Waals surface area contributed by atoms with Crippen molar-refractivity contribution in [3.05, 3.63) is 24.4 Å². The van der Waals surface area contributed by atoms with Gasteiger partial charge in [0.05, 0.1) is 22.4 Å². The Bertz CT molecular complexity index is 955. The van der Waals surface area contributed by atoms with Crippen molar-refractivity contribution in [2.24, 2.45) is 0 Å². The van der Waals surface area contributed by atoms with Gasteiger partial charge < -0.3 is 19.4 Å². The summed E-state index contributed by atoms with van der Waals surface area (Å²) in [6, 6.07) is 5.55. The first kappa shape index (κ1) is 21.4. The lowest BCUT2D eigenvalue weighted by Crippen LogP contribution is -2.41. The van der Waals surface area contributed by atoms with E-state index in [2.05, 4.69) is 5.32 Å². The van der Waals surface area contributed by atoms with E-state index in [1.807, 2.05) is 66.7 Å². The van der Waals surface area contributed by atoms with Crippen molar-refractivity contribution in [3.8, 4) is 0 Å². The van der Waals surface area contributed by atoms with Crippen molar-refractivity contribution in [1.29, 1.82) is 0 Å². The SMILES string of the molecule is CC(=O)Nc1cn(C(=O)OC(C)(C)C)c2ccc(B3OC(C)(C)C(C)(C)O3)cc12. The highest BCUT2D eigenvalue weighted by Crippen LogP contribution is 2.37. The second-order valence-corrected chi connectivity index (χ2v) is 9.44. The minimum atomic E-state index is -0.634. The summed E-state index contributed by atoms with van der Waals surface area (Å²) >= 11 is 0. The highest BCUT2D eigenvalue weighted by Gasteiger charge is 2.51. The first-order valence-corrected chi connectivity index (χ1v) is 9.72. The molecule has 1 aromatic heterocycles. The van der Waals surface area contributed by atoms with Gasteiger partial charge in [-0.25, -0.2) is 4.79 Å². The van der Waals surface area contributed by atoms with E-state index in [1.165, 1.54) is 11.5 Å². The molecular formula is C21H29BN2O5. The zero-order valence-corrected chi connectivity index (χ0v) is 18.4. The largest absolute Gasteiger partial charge is 0.494 e. The molecule has 1 fully saturated rings. The molecule has 3 rings (SSSR count). The Morgan fingerprint density at radius 2 is 1.69 bits per heavy atom. The van der Waals surface area contributed by atoms with Crippen molar-refractivity contribution >= 4 is 41.2 Å². The van der Waals surface area contributed by atoms with Gasteiger partial charge in [-0.2, -0.15) is 0 Å². The number of carbonyl (C=O) groups is 2. The number of rotatable bonds is 2. The average molecular weight is 400 g/mol. The number of carbonyl (C=O) groups excluding carboxylic acids is 2. The predicted octanol–water partition coefficient (Wildman–Crippen LogP) is 3.68. The fourth-order valence-electron chi connectivity index (χ4n) is 3.12. The van der Waals surface area contributed by atoms with Gasteiger partial charge in [0.1, 0.15) is 5.60 Å². The molecule has 1 aliphatic rings. The van der Waals surface area contributed by atoms with Crippen LogP contribution in [0.25, 0.3) is 10.9 Å². The lowest BCUT2D eigenvalue weighted by atomic mass is 9.78. The van der Waals surface area contributed by atoms with Gasteiger partial charge in [-0.05, 0) is 60.0 Å². The summed E-state index contributed by atoms with van der Waals surface area (Å²) in [5.41, 5.74) is 0.403. The van der Waals surface area contributed by atoms with Crippen molar-refractivity contribution in [3.63, 3.8) is 0 Å². The third kappa shape index (κ3) is 4.18. The molecule has 0 unspecified atom stereocenters. The second-order valence-electron chi connectivity index (χ2n) is 9.44. The highest BCUT2D eigenvalue weighted by molar-refractivity contribution is 6.62. The van der Waals surface area contributed by atoms with Gasteiger partial charge in [0.15, 0.2) is 0 Å². The van der Waals surface area contributed by atoms with Crippen molar-refractivity contribution in [1.82, 2.24) is 4.57 Å². The van der Waals surface area contributed by atoms with E-state index in [0.717, 1.165) is 5.46 Å². The molecule has 0 saturated carbocycles. The van der Waals surface area contributed by atoms with Gasteiger partial charge in [0.25, 0.3) is 0 Å². The van der Waals surface area contributed by atoms with Crippen molar-refractivity contribution in [2.45, 2.75) is 72.2 Å².